The smallest absolute Gasteiger partial charge is 0.255 e. The van der Waals surface area contributed by atoms with E-state index in [1.165, 1.54) is 27.8 Å². The molecule has 0 bridgehead atoms. The number of carbonyl (C=O) groups excluding carboxylic acids is 1. The average molecular weight is 370 g/mol. The third kappa shape index (κ3) is 4.15. The van der Waals surface area contributed by atoms with E-state index in [1.54, 1.807) is 0 Å². The average Bonchev–Trinajstić information content (AvgIpc) is 2.71. The predicted molar refractivity (Wildman–Crippen MR) is 115 cm³/mol. The number of fused-ring (bicyclic) bond motifs is 1. The largest absolute Gasteiger partial charge is 0.322 e. The molecule has 1 aliphatic rings. The molecule has 0 unspecified atom stereocenters. The van der Waals surface area contributed by atoms with E-state index in [2.05, 4.69) is 60.5 Å². The SMILES string of the molecule is Cc1ccc(NC(=O)c2ccc(CN3CCc4ccccc4C3)cc2)cc1C. The first-order valence-electron chi connectivity index (χ1n) is 9.85. The van der Waals surface area contributed by atoms with Crippen LogP contribution in [0.5, 0.6) is 0 Å². The summed E-state index contributed by atoms with van der Waals surface area (Å²) in [5.74, 6) is -0.0679. The van der Waals surface area contributed by atoms with Gasteiger partial charge in [0.25, 0.3) is 5.91 Å². The Morgan fingerprint density at radius 3 is 2.43 bits per heavy atom. The Kier molecular flexibility index (Phi) is 5.27. The van der Waals surface area contributed by atoms with Crippen LogP contribution >= 0.6 is 0 Å². The highest BCUT2D eigenvalue weighted by Crippen LogP contribution is 2.21. The number of nitrogens with one attached hydrogen (secondary N) is 1. The van der Waals surface area contributed by atoms with Gasteiger partial charge >= 0.3 is 0 Å². The van der Waals surface area contributed by atoms with Crippen LogP contribution in [0.15, 0.2) is 66.7 Å². The number of carbonyl (C=O) groups is 1. The molecule has 28 heavy (non-hydrogen) atoms. The molecule has 0 saturated heterocycles. The van der Waals surface area contributed by atoms with Crippen molar-refractivity contribution in [2.75, 3.05) is 11.9 Å². The maximum absolute atomic E-state index is 12.5. The maximum atomic E-state index is 12.5. The molecule has 0 fully saturated rings. The number of amides is 1. The summed E-state index contributed by atoms with van der Waals surface area (Å²) >= 11 is 0. The maximum Gasteiger partial charge on any atom is 0.255 e. The van der Waals surface area contributed by atoms with Gasteiger partial charge in [-0.05, 0) is 72.4 Å². The van der Waals surface area contributed by atoms with Crippen molar-refractivity contribution in [2.45, 2.75) is 33.4 Å². The second-order valence-electron chi connectivity index (χ2n) is 7.68. The molecule has 1 heterocycles. The lowest BCUT2D eigenvalue weighted by atomic mass is 9.99. The lowest BCUT2D eigenvalue weighted by molar-refractivity contribution is 0.102. The molecule has 3 nitrogen and oxygen atoms in total. The zero-order chi connectivity index (χ0) is 19.5. The van der Waals surface area contributed by atoms with Gasteiger partial charge in [0.1, 0.15) is 0 Å². The zero-order valence-electron chi connectivity index (χ0n) is 16.5. The van der Waals surface area contributed by atoms with Crippen LogP contribution in [0.4, 0.5) is 5.69 Å². The normalized spacial score (nSPS) is 13.8. The highest BCUT2D eigenvalue weighted by Gasteiger charge is 2.16. The van der Waals surface area contributed by atoms with E-state index in [0.29, 0.717) is 5.56 Å². The molecular weight excluding hydrogens is 344 g/mol. The molecule has 0 radical (unpaired) electrons. The third-order valence-electron chi connectivity index (χ3n) is 5.60. The lowest BCUT2D eigenvalue weighted by Crippen LogP contribution is -2.29. The molecule has 0 atom stereocenters. The Morgan fingerprint density at radius 2 is 1.68 bits per heavy atom. The Labute approximate surface area is 167 Å². The highest BCUT2D eigenvalue weighted by atomic mass is 16.1. The van der Waals surface area contributed by atoms with Crippen LogP contribution in [0.1, 0.15) is 38.2 Å². The molecule has 0 aliphatic carbocycles. The van der Waals surface area contributed by atoms with Crippen molar-refractivity contribution in [2.24, 2.45) is 0 Å². The number of hydrogen-bond donors (Lipinski definition) is 1. The Hall–Kier alpha value is -2.91. The second kappa shape index (κ2) is 7.99. The standard InChI is InChI=1S/C25H26N2O/c1-18-7-12-24(15-19(18)2)26-25(28)22-10-8-20(9-11-22)16-27-14-13-21-5-3-4-6-23(21)17-27/h3-12,15H,13-14,16-17H2,1-2H3,(H,26,28). The van der Waals surface area contributed by atoms with Crippen LogP contribution in [0, 0.1) is 13.8 Å². The predicted octanol–water partition coefficient (Wildman–Crippen LogP) is 5.11. The third-order valence-corrected chi connectivity index (χ3v) is 5.60. The van der Waals surface area contributed by atoms with E-state index in [9.17, 15) is 4.79 Å². The lowest BCUT2D eigenvalue weighted by Gasteiger charge is -2.28. The van der Waals surface area contributed by atoms with Gasteiger partial charge in [0, 0.05) is 30.9 Å². The molecule has 3 aromatic carbocycles. The molecule has 4 rings (SSSR count). The Balaban J connectivity index is 1.38. The molecular formula is C25H26N2O. The fourth-order valence-corrected chi connectivity index (χ4v) is 3.73. The number of hydrogen-bond acceptors (Lipinski definition) is 2. The second-order valence-corrected chi connectivity index (χ2v) is 7.68. The minimum atomic E-state index is -0.0679. The molecule has 0 saturated carbocycles. The molecule has 0 spiro atoms. The van der Waals surface area contributed by atoms with Crippen LogP contribution in [0.3, 0.4) is 0 Å². The van der Waals surface area contributed by atoms with Crippen LogP contribution in [-0.4, -0.2) is 17.4 Å². The van der Waals surface area contributed by atoms with Gasteiger partial charge in [-0.25, -0.2) is 0 Å². The van der Waals surface area contributed by atoms with Gasteiger partial charge in [-0.15, -0.1) is 0 Å². The number of rotatable bonds is 4. The fourth-order valence-electron chi connectivity index (χ4n) is 3.73. The first kappa shape index (κ1) is 18.5. The minimum Gasteiger partial charge on any atom is -0.322 e. The molecule has 1 aliphatic heterocycles. The van der Waals surface area contributed by atoms with Crippen molar-refractivity contribution in [3.8, 4) is 0 Å². The molecule has 3 aromatic rings. The molecule has 1 N–H and O–H groups in total. The summed E-state index contributed by atoms with van der Waals surface area (Å²) in [5, 5.41) is 2.99. The number of anilines is 1. The summed E-state index contributed by atoms with van der Waals surface area (Å²) in [6.07, 6.45) is 1.10. The molecule has 0 aromatic heterocycles. The van der Waals surface area contributed by atoms with E-state index >= 15 is 0 Å². The molecule has 142 valence electrons. The minimum absolute atomic E-state index is 0.0679. The summed E-state index contributed by atoms with van der Waals surface area (Å²) in [6, 6.07) is 22.7. The van der Waals surface area contributed by atoms with Gasteiger partial charge in [0.15, 0.2) is 0 Å². The number of nitrogens with zero attached hydrogens (tertiary/aromatic N) is 1. The van der Waals surface area contributed by atoms with E-state index in [0.717, 1.165) is 31.7 Å². The Morgan fingerprint density at radius 1 is 0.929 bits per heavy atom. The van der Waals surface area contributed by atoms with E-state index in [1.807, 2.05) is 30.3 Å². The summed E-state index contributed by atoms with van der Waals surface area (Å²) in [6.45, 7) is 7.10. The van der Waals surface area contributed by atoms with Crippen LogP contribution in [0.2, 0.25) is 0 Å². The molecule has 1 amide bonds. The number of aryl methyl sites for hydroxylation is 2. The van der Waals surface area contributed by atoms with Gasteiger partial charge < -0.3 is 5.32 Å². The fraction of sp³-hybridized carbons (Fsp3) is 0.240. The van der Waals surface area contributed by atoms with Crippen LogP contribution in [-0.2, 0) is 19.5 Å². The van der Waals surface area contributed by atoms with Gasteiger partial charge in [-0.1, -0.05) is 42.5 Å². The molecule has 3 heteroatoms. The van der Waals surface area contributed by atoms with Gasteiger partial charge in [-0.2, -0.15) is 0 Å². The summed E-state index contributed by atoms with van der Waals surface area (Å²) < 4.78 is 0. The van der Waals surface area contributed by atoms with E-state index in [4.69, 9.17) is 0 Å². The Bertz CT molecular complexity index is 992. The van der Waals surface area contributed by atoms with E-state index in [-0.39, 0.29) is 5.91 Å². The summed E-state index contributed by atoms with van der Waals surface area (Å²) in [4.78, 5) is 15.0. The highest BCUT2D eigenvalue weighted by molar-refractivity contribution is 6.04. The zero-order valence-corrected chi connectivity index (χ0v) is 16.5. The quantitative estimate of drug-likeness (QED) is 0.692. The van der Waals surface area contributed by atoms with Crippen molar-refractivity contribution >= 4 is 11.6 Å². The summed E-state index contributed by atoms with van der Waals surface area (Å²) in [5.41, 5.74) is 8.06. The van der Waals surface area contributed by atoms with Crippen molar-refractivity contribution in [3.05, 3.63) is 100 Å². The van der Waals surface area contributed by atoms with Crippen LogP contribution < -0.4 is 5.32 Å². The van der Waals surface area contributed by atoms with Crippen molar-refractivity contribution < 1.29 is 4.79 Å². The number of benzene rings is 3. The van der Waals surface area contributed by atoms with Gasteiger partial charge in [0.05, 0.1) is 0 Å². The first-order chi connectivity index (χ1) is 13.6. The van der Waals surface area contributed by atoms with Crippen molar-refractivity contribution in [1.29, 1.82) is 0 Å². The first-order valence-corrected chi connectivity index (χ1v) is 9.85. The van der Waals surface area contributed by atoms with Crippen LogP contribution in [0.25, 0.3) is 0 Å². The topological polar surface area (TPSA) is 32.3 Å². The van der Waals surface area contributed by atoms with Crippen molar-refractivity contribution in [1.82, 2.24) is 4.90 Å². The summed E-state index contributed by atoms with van der Waals surface area (Å²) in [7, 11) is 0. The van der Waals surface area contributed by atoms with Crippen molar-refractivity contribution in [3.63, 3.8) is 0 Å². The van der Waals surface area contributed by atoms with E-state index < -0.39 is 0 Å². The monoisotopic (exact) mass is 370 g/mol. The van der Waals surface area contributed by atoms with Gasteiger partial charge in [-0.3, -0.25) is 9.69 Å². The van der Waals surface area contributed by atoms with Gasteiger partial charge in [0.2, 0.25) is 0 Å².